The van der Waals surface area contributed by atoms with Crippen molar-refractivity contribution in [3.8, 4) is 5.75 Å². The van der Waals surface area contributed by atoms with Crippen LogP contribution in [-0.2, 0) is 9.59 Å². The van der Waals surface area contributed by atoms with Gasteiger partial charge in [0.05, 0.1) is 13.7 Å². The number of piperazine rings is 1. The third kappa shape index (κ3) is 6.10. The summed E-state index contributed by atoms with van der Waals surface area (Å²) in [6.45, 7) is 2.28. The van der Waals surface area contributed by atoms with Crippen molar-refractivity contribution in [1.82, 2.24) is 20.4 Å². The Labute approximate surface area is 220 Å². The van der Waals surface area contributed by atoms with Crippen LogP contribution < -0.4 is 20.7 Å². The molecule has 2 fully saturated rings. The number of ketones is 1. The van der Waals surface area contributed by atoms with E-state index in [1.165, 1.54) is 23.8 Å². The molecule has 0 bridgehead atoms. The first-order valence-corrected chi connectivity index (χ1v) is 12.5. The Balaban J connectivity index is 1.51. The predicted octanol–water partition coefficient (Wildman–Crippen LogP) is 1.65. The molecule has 2 heterocycles. The third-order valence-electron chi connectivity index (χ3n) is 6.71. The van der Waals surface area contributed by atoms with Crippen LogP contribution in [0.25, 0.3) is 0 Å². The number of piperidine rings is 1. The Morgan fingerprint density at radius 3 is 2.29 bits per heavy atom. The molecule has 200 valence electrons. The lowest BCUT2D eigenvalue weighted by Gasteiger charge is -2.41. The standard InChI is InChI=1S/C27H31N5O6/c1-17(33)18-5-9-20(10-6-18)29-27(37)31-14-15-32(26(36)19-7-11-21(38-2)12-8-19)23(16-31)25(35)30-22-4-3-13-28-24(22)34/h5-12,22-23H,3-4,13-16H2,1-2H3,(H,28,34)(H,29,37)(H,30,35)/t22-,23-/m1/s1. The predicted molar refractivity (Wildman–Crippen MR) is 139 cm³/mol. The number of carbonyl (C=O) groups is 5. The van der Waals surface area contributed by atoms with E-state index in [2.05, 4.69) is 16.0 Å². The second kappa shape index (κ2) is 11.8. The highest BCUT2D eigenvalue weighted by Gasteiger charge is 2.39. The normalized spacial score (nSPS) is 19.3. The van der Waals surface area contributed by atoms with Crippen LogP contribution in [0, 0.1) is 0 Å². The molecule has 0 unspecified atom stereocenters. The molecule has 11 nitrogen and oxygen atoms in total. The summed E-state index contributed by atoms with van der Waals surface area (Å²) < 4.78 is 5.16. The number of ether oxygens (including phenoxy) is 1. The Morgan fingerprint density at radius 2 is 1.66 bits per heavy atom. The summed E-state index contributed by atoms with van der Waals surface area (Å²) in [7, 11) is 1.53. The smallest absolute Gasteiger partial charge is 0.321 e. The summed E-state index contributed by atoms with van der Waals surface area (Å²) >= 11 is 0. The molecule has 5 amide bonds. The molecule has 2 aromatic rings. The van der Waals surface area contributed by atoms with Gasteiger partial charge in [0.25, 0.3) is 5.91 Å². The van der Waals surface area contributed by atoms with Crippen molar-refractivity contribution >= 4 is 35.2 Å². The number of nitrogens with zero attached hydrogens (tertiary/aromatic N) is 2. The van der Waals surface area contributed by atoms with Crippen LogP contribution in [0.5, 0.6) is 5.75 Å². The molecule has 2 aliphatic rings. The van der Waals surface area contributed by atoms with E-state index in [9.17, 15) is 24.0 Å². The summed E-state index contributed by atoms with van der Waals surface area (Å²) in [6.07, 6.45) is 1.23. The fourth-order valence-corrected chi connectivity index (χ4v) is 4.50. The second-order valence-corrected chi connectivity index (χ2v) is 9.25. The lowest BCUT2D eigenvalue weighted by Crippen LogP contribution is -2.64. The minimum atomic E-state index is -1.00. The number of methoxy groups -OCH3 is 1. The molecular weight excluding hydrogens is 490 g/mol. The van der Waals surface area contributed by atoms with Gasteiger partial charge in [-0.2, -0.15) is 0 Å². The molecule has 2 atom stereocenters. The van der Waals surface area contributed by atoms with E-state index in [-0.39, 0.29) is 37.2 Å². The van der Waals surface area contributed by atoms with Crippen molar-refractivity contribution in [2.24, 2.45) is 0 Å². The van der Waals surface area contributed by atoms with Crippen molar-refractivity contribution in [1.29, 1.82) is 0 Å². The summed E-state index contributed by atoms with van der Waals surface area (Å²) in [5, 5.41) is 8.27. The highest BCUT2D eigenvalue weighted by atomic mass is 16.5. The van der Waals surface area contributed by atoms with Gasteiger partial charge >= 0.3 is 6.03 Å². The van der Waals surface area contributed by atoms with E-state index in [1.807, 2.05) is 0 Å². The van der Waals surface area contributed by atoms with Gasteiger partial charge in [-0.1, -0.05) is 0 Å². The molecule has 2 aromatic carbocycles. The van der Waals surface area contributed by atoms with Crippen LogP contribution in [0.4, 0.5) is 10.5 Å². The summed E-state index contributed by atoms with van der Waals surface area (Å²) in [6, 6.07) is 10.9. The molecule has 3 N–H and O–H groups in total. The average Bonchev–Trinajstić information content (AvgIpc) is 2.94. The number of Topliss-reactive ketones (excluding diaryl/α,β-unsaturated/α-hetero) is 1. The van der Waals surface area contributed by atoms with Crippen molar-refractivity contribution in [3.63, 3.8) is 0 Å². The summed E-state index contributed by atoms with van der Waals surface area (Å²) in [5.41, 5.74) is 1.40. The largest absolute Gasteiger partial charge is 0.497 e. The molecule has 0 saturated carbocycles. The minimum absolute atomic E-state index is 0.0561. The van der Waals surface area contributed by atoms with Gasteiger partial charge in [-0.25, -0.2) is 4.79 Å². The molecule has 0 radical (unpaired) electrons. The van der Waals surface area contributed by atoms with Crippen LogP contribution in [0.15, 0.2) is 48.5 Å². The average molecular weight is 522 g/mol. The van der Waals surface area contributed by atoms with Gasteiger partial charge in [0.1, 0.15) is 17.8 Å². The molecule has 4 rings (SSSR count). The van der Waals surface area contributed by atoms with E-state index in [4.69, 9.17) is 4.74 Å². The number of hydrogen-bond donors (Lipinski definition) is 3. The SMILES string of the molecule is COc1ccc(C(=O)N2CCN(C(=O)Nc3ccc(C(C)=O)cc3)C[C@@H]2C(=O)N[C@@H]2CCCNC2=O)cc1. The first-order chi connectivity index (χ1) is 18.3. The van der Waals surface area contributed by atoms with Crippen molar-refractivity contribution in [2.75, 3.05) is 38.6 Å². The van der Waals surface area contributed by atoms with Gasteiger partial charge < -0.3 is 30.5 Å². The van der Waals surface area contributed by atoms with Crippen LogP contribution in [0.2, 0.25) is 0 Å². The molecular formula is C27H31N5O6. The fraction of sp³-hybridized carbons (Fsp3) is 0.370. The summed E-state index contributed by atoms with van der Waals surface area (Å²) in [5.74, 6) is -0.618. The highest BCUT2D eigenvalue weighted by molar-refractivity contribution is 6.00. The Bertz CT molecular complexity index is 1210. The Morgan fingerprint density at radius 1 is 0.974 bits per heavy atom. The number of carbonyl (C=O) groups excluding carboxylic acids is 5. The zero-order valence-corrected chi connectivity index (χ0v) is 21.4. The van der Waals surface area contributed by atoms with Crippen LogP contribution >= 0.6 is 0 Å². The van der Waals surface area contributed by atoms with E-state index in [0.717, 1.165) is 6.42 Å². The number of benzene rings is 2. The zero-order chi connectivity index (χ0) is 27.2. The highest BCUT2D eigenvalue weighted by Crippen LogP contribution is 2.19. The van der Waals surface area contributed by atoms with Gasteiger partial charge in [0.15, 0.2) is 5.78 Å². The first kappa shape index (κ1) is 26.6. The van der Waals surface area contributed by atoms with Crippen molar-refractivity contribution in [2.45, 2.75) is 31.8 Å². The van der Waals surface area contributed by atoms with Crippen LogP contribution in [0.1, 0.15) is 40.5 Å². The van der Waals surface area contributed by atoms with E-state index in [0.29, 0.717) is 35.5 Å². The monoisotopic (exact) mass is 521 g/mol. The number of hydrogen-bond acceptors (Lipinski definition) is 6. The van der Waals surface area contributed by atoms with Gasteiger partial charge in [-0.15, -0.1) is 0 Å². The minimum Gasteiger partial charge on any atom is -0.497 e. The molecule has 0 aliphatic carbocycles. The Hall–Kier alpha value is -4.41. The van der Waals surface area contributed by atoms with Crippen molar-refractivity contribution in [3.05, 3.63) is 59.7 Å². The van der Waals surface area contributed by atoms with Crippen molar-refractivity contribution < 1.29 is 28.7 Å². The number of urea groups is 1. The van der Waals surface area contributed by atoms with Gasteiger partial charge in [-0.05, 0) is 68.3 Å². The maximum absolute atomic E-state index is 13.4. The molecule has 38 heavy (non-hydrogen) atoms. The van der Waals surface area contributed by atoms with E-state index in [1.54, 1.807) is 48.5 Å². The maximum atomic E-state index is 13.4. The van der Waals surface area contributed by atoms with Crippen LogP contribution in [-0.4, -0.2) is 84.7 Å². The lowest BCUT2D eigenvalue weighted by atomic mass is 10.0. The maximum Gasteiger partial charge on any atom is 0.321 e. The van der Waals surface area contributed by atoms with Gasteiger partial charge in [0, 0.05) is 36.4 Å². The third-order valence-corrected chi connectivity index (χ3v) is 6.71. The molecule has 2 aliphatic heterocycles. The lowest BCUT2D eigenvalue weighted by molar-refractivity contribution is -0.133. The second-order valence-electron chi connectivity index (χ2n) is 9.25. The van der Waals surface area contributed by atoms with E-state index < -0.39 is 24.0 Å². The number of nitrogens with one attached hydrogen (secondary N) is 3. The zero-order valence-electron chi connectivity index (χ0n) is 21.4. The van der Waals surface area contributed by atoms with Gasteiger partial charge in [0.2, 0.25) is 11.8 Å². The first-order valence-electron chi connectivity index (χ1n) is 12.5. The molecule has 0 aromatic heterocycles. The number of rotatable bonds is 6. The number of amides is 5. The number of anilines is 1. The molecule has 0 spiro atoms. The van der Waals surface area contributed by atoms with Crippen LogP contribution in [0.3, 0.4) is 0 Å². The Kier molecular flexibility index (Phi) is 8.25. The fourth-order valence-electron chi connectivity index (χ4n) is 4.50. The summed E-state index contributed by atoms with van der Waals surface area (Å²) in [4.78, 5) is 66.5. The van der Waals surface area contributed by atoms with E-state index >= 15 is 0 Å². The van der Waals surface area contributed by atoms with Gasteiger partial charge in [-0.3, -0.25) is 19.2 Å². The molecule has 2 saturated heterocycles. The molecule has 11 heteroatoms. The quantitative estimate of drug-likeness (QED) is 0.495. The topological polar surface area (TPSA) is 137 Å².